The van der Waals surface area contributed by atoms with Gasteiger partial charge in [0.2, 0.25) is 0 Å². The molecule has 0 saturated heterocycles. The van der Waals surface area contributed by atoms with Crippen molar-refractivity contribution in [2.45, 2.75) is 12.8 Å². The molecule has 0 aromatic heterocycles. The van der Waals surface area contributed by atoms with Crippen LogP contribution in [0.2, 0.25) is 0 Å². The number of esters is 2. The van der Waals surface area contributed by atoms with Crippen LogP contribution in [-0.4, -0.2) is 37.7 Å². The normalized spacial score (nSPS) is 11.4. The standard InChI is InChI=1S/C13H15NO7/c1-4-21-13(16)11(12(15)20-3)8-5-6-9(14(17)18)10(7-8)19-2/h5-7,11H,4H2,1-3H3. The van der Waals surface area contributed by atoms with Gasteiger partial charge in [0.25, 0.3) is 0 Å². The van der Waals surface area contributed by atoms with E-state index in [-0.39, 0.29) is 23.6 Å². The lowest BCUT2D eigenvalue weighted by Gasteiger charge is -2.14. The van der Waals surface area contributed by atoms with Crippen LogP contribution in [-0.2, 0) is 19.1 Å². The van der Waals surface area contributed by atoms with Crippen molar-refractivity contribution < 1.29 is 28.7 Å². The van der Waals surface area contributed by atoms with Crippen LogP contribution in [0.1, 0.15) is 18.4 Å². The van der Waals surface area contributed by atoms with Crippen LogP contribution in [0, 0.1) is 10.1 Å². The Kier molecular flexibility index (Phi) is 5.65. The highest BCUT2D eigenvalue weighted by molar-refractivity contribution is 6.00. The molecule has 1 unspecified atom stereocenters. The van der Waals surface area contributed by atoms with Crippen molar-refractivity contribution in [1.82, 2.24) is 0 Å². The van der Waals surface area contributed by atoms with Gasteiger partial charge in [0.05, 0.1) is 25.7 Å². The Hall–Kier alpha value is -2.64. The smallest absolute Gasteiger partial charge is 0.324 e. The Balaban J connectivity index is 3.28. The molecule has 1 rings (SSSR count). The fourth-order valence-corrected chi connectivity index (χ4v) is 1.74. The summed E-state index contributed by atoms with van der Waals surface area (Å²) in [6.45, 7) is 1.69. The number of methoxy groups -OCH3 is 2. The second kappa shape index (κ2) is 7.22. The second-order valence-corrected chi connectivity index (χ2v) is 3.90. The van der Waals surface area contributed by atoms with Crippen molar-refractivity contribution in [3.8, 4) is 5.75 Å². The summed E-state index contributed by atoms with van der Waals surface area (Å²) >= 11 is 0. The van der Waals surface area contributed by atoms with Gasteiger partial charge < -0.3 is 14.2 Å². The van der Waals surface area contributed by atoms with Crippen LogP contribution >= 0.6 is 0 Å². The summed E-state index contributed by atoms with van der Waals surface area (Å²) in [5.74, 6) is -2.98. The molecule has 0 N–H and O–H groups in total. The molecule has 0 radical (unpaired) electrons. The molecule has 0 amide bonds. The van der Waals surface area contributed by atoms with Crippen LogP contribution in [0.5, 0.6) is 5.75 Å². The first-order valence-electron chi connectivity index (χ1n) is 6.03. The first-order chi connectivity index (χ1) is 9.96. The lowest BCUT2D eigenvalue weighted by molar-refractivity contribution is -0.385. The minimum Gasteiger partial charge on any atom is -0.490 e. The van der Waals surface area contributed by atoms with Gasteiger partial charge in [-0.25, -0.2) is 0 Å². The third kappa shape index (κ3) is 3.68. The molecular weight excluding hydrogens is 282 g/mol. The number of benzene rings is 1. The maximum Gasteiger partial charge on any atom is 0.324 e. The number of hydrogen-bond donors (Lipinski definition) is 0. The molecule has 0 bridgehead atoms. The maximum absolute atomic E-state index is 11.9. The number of nitro groups is 1. The Bertz CT molecular complexity index is 555. The monoisotopic (exact) mass is 297 g/mol. The minimum atomic E-state index is -1.32. The highest BCUT2D eigenvalue weighted by atomic mass is 16.6. The highest BCUT2D eigenvalue weighted by Gasteiger charge is 2.32. The van der Waals surface area contributed by atoms with Gasteiger partial charge in [-0.2, -0.15) is 0 Å². The lowest BCUT2D eigenvalue weighted by Crippen LogP contribution is -2.25. The van der Waals surface area contributed by atoms with E-state index in [0.29, 0.717) is 0 Å². The molecule has 21 heavy (non-hydrogen) atoms. The van der Waals surface area contributed by atoms with E-state index >= 15 is 0 Å². The number of carbonyl (C=O) groups excluding carboxylic acids is 2. The van der Waals surface area contributed by atoms with Crippen molar-refractivity contribution >= 4 is 17.6 Å². The van der Waals surface area contributed by atoms with Gasteiger partial charge in [0.1, 0.15) is 0 Å². The second-order valence-electron chi connectivity index (χ2n) is 3.90. The Labute approximate surface area is 120 Å². The molecule has 8 nitrogen and oxygen atoms in total. The van der Waals surface area contributed by atoms with Gasteiger partial charge in [-0.05, 0) is 18.6 Å². The zero-order valence-corrected chi connectivity index (χ0v) is 11.8. The maximum atomic E-state index is 11.9. The van der Waals surface area contributed by atoms with Crippen molar-refractivity contribution in [2.24, 2.45) is 0 Å². The van der Waals surface area contributed by atoms with Gasteiger partial charge >= 0.3 is 17.6 Å². The van der Waals surface area contributed by atoms with E-state index in [1.165, 1.54) is 19.2 Å². The molecule has 114 valence electrons. The van der Waals surface area contributed by atoms with Gasteiger partial charge in [-0.3, -0.25) is 19.7 Å². The van der Waals surface area contributed by atoms with Crippen LogP contribution in [0.15, 0.2) is 18.2 Å². The first kappa shape index (κ1) is 16.4. The van der Waals surface area contributed by atoms with Gasteiger partial charge in [0, 0.05) is 6.07 Å². The van der Waals surface area contributed by atoms with Crippen molar-refractivity contribution in [3.05, 3.63) is 33.9 Å². The summed E-state index contributed by atoms with van der Waals surface area (Å²) in [5, 5.41) is 10.8. The third-order valence-electron chi connectivity index (χ3n) is 2.69. The molecule has 0 aliphatic rings. The van der Waals surface area contributed by atoms with E-state index in [1.807, 2.05) is 0 Å². The molecule has 0 heterocycles. The summed E-state index contributed by atoms with van der Waals surface area (Å²) in [4.78, 5) is 33.8. The van der Waals surface area contributed by atoms with Crippen LogP contribution in [0.25, 0.3) is 0 Å². The van der Waals surface area contributed by atoms with E-state index in [4.69, 9.17) is 9.47 Å². The van der Waals surface area contributed by atoms with Crippen LogP contribution in [0.4, 0.5) is 5.69 Å². The molecule has 0 aliphatic carbocycles. The van der Waals surface area contributed by atoms with Crippen LogP contribution < -0.4 is 4.74 Å². The molecule has 1 atom stereocenters. The summed E-state index contributed by atoms with van der Waals surface area (Å²) in [7, 11) is 2.39. The van der Waals surface area contributed by atoms with E-state index in [0.717, 1.165) is 13.2 Å². The van der Waals surface area contributed by atoms with E-state index in [2.05, 4.69) is 4.74 Å². The molecule has 0 fully saturated rings. The fraction of sp³-hybridized carbons (Fsp3) is 0.385. The van der Waals surface area contributed by atoms with Gasteiger partial charge in [-0.1, -0.05) is 6.07 Å². The number of hydrogen-bond acceptors (Lipinski definition) is 7. The molecule has 0 spiro atoms. The van der Waals surface area contributed by atoms with Crippen molar-refractivity contribution in [1.29, 1.82) is 0 Å². The fourth-order valence-electron chi connectivity index (χ4n) is 1.74. The summed E-state index contributed by atoms with van der Waals surface area (Å²) in [5.41, 5.74) is -0.0727. The number of rotatable bonds is 6. The Morgan fingerprint density at radius 2 is 1.95 bits per heavy atom. The van der Waals surface area contributed by atoms with E-state index in [1.54, 1.807) is 6.92 Å². The van der Waals surface area contributed by atoms with Crippen LogP contribution in [0.3, 0.4) is 0 Å². The SMILES string of the molecule is CCOC(=O)C(C(=O)OC)c1ccc([N+](=O)[O-])c(OC)c1. The predicted octanol–water partition coefficient (Wildman–Crippen LogP) is 1.42. The lowest BCUT2D eigenvalue weighted by atomic mass is 9.98. The molecule has 1 aromatic rings. The zero-order chi connectivity index (χ0) is 16.0. The number of nitro benzene ring substituents is 1. The Morgan fingerprint density at radius 1 is 1.29 bits per heavy atom. The van der Waals surface area contributed by atoms with Gasteiger partial charge in [0.15, 0.2) is 11.7 Å². The summed E-state index contributed by atoms with van der Waals surface area (Å²) in [6.07, 6.45) is 0. The highest BCUT2D eigenvalue weighted by Crippen LogP contribution is 2.31. The van der Waals surface area contributed by atoms with Gasteiger partial charge in [-0.15, -0.1) is 0 Å². The average molecular weight is 297 g/mol. The number of carbonyl (C=O) groups is 2. The minimum absolute atomic E-state index is 0.0595. The molecule has 0 saturated carbocycles. The van der Waals surface area contributed by atoms with E-state index in [9.17, 15) is 19.7 Å². The molecule has 8 heteroatoms. The largest absolute Gasteiger partial charge is 0.490 e. The molecule has 1 aromatic carbocycles. The molecule has 0 aliphatic heterocycles. The first-order valence-corrected chi connectivity index (χ1v) is 6.03. The van der Waals surface area contributed by atoms with E-state index < -0.39 is 22.8 Å². The van der Waals surface area contributed by atoms with Crippen molar-refractivity contribution in [2.75, 3.05) is 20.8 Å². The predicted molar refractivity (Wildman–Crippen MR) is 71.0 cm³/mol. The van der Waals surface area contributed by atoms with Crippen molar-refractivity contribution in [3.63, 3.8) is 0 Å². The third-order valence-corrected chi connectivity index (χ3v) is 2.69. The Morgan fingerprint density at radius 3 is 2.43 bits per heavy atom. The average Bonchev–Trinajstić information content (AvgIpc) is 2.47. The zero-order valence-electron chi connectivity index (χ0n) is 11.8. The molecular formula is C13H15NO7. The summed E-state index contributed by atoms with van der Waals surface area (Å²) in [6, 6.07) is 3.69. The number of ether oxygens (including phenoxy) is 3. The quantitative estimate of drug-likeness (QED) is 0.338. The summed E-state index contributed by atoms with van der Waals surface area (Å²) < 4.78 is 14.3. The number of nitrogens with zero attached hydrogens (tertiary/aromatic N) is 1. The topological polar surface area (TPSA) is 105 Å².